The normalized spacial score (nSPS) is 34.6. The van der Waals surface area contributed by atoms with Gasteiger partial charge in [0, 0.05) is 6.54 Å². The van der Waals surface area contributed by atoms with Gasteiger partial charge in [-0.3, -0.25) is 14.5 Å². The van der Waals surface area contributed by atoms with E-state index in [1.54, 1.807) is 4.90 Å². The highest BCUT2D eigenvalue weighted by molar-refractivity contribution is 6.06. The largest absolute Gasteiger partial charge is 0.304 e. The summed E-state index contributed by atoms with van der Waals surface area (Å²) in [6.45, 7) is 7.90. The number of rotatable bonds is 6. The first-order valence-electron chi connectivity index (χ1n) is 7.93. The summed E-state index contributed by atoms with van der Waals surface area (Å²) in [6.07, 6.45) is 6.20. The second kappa shape index (κ2) is 5.32. The summed E-state index contributed by atoms with van der Waals surface area (Å²) in [7, 11) is 0. The second-order valence-electron chi connectivity index (χ2n) is 6.21. The molecule has 1 saturated carbocycles. The zero-order valence-corrected chi connectivity index (χ0v) is 12.4. The van der Waals surface area contributed by atoms with E-state index in [4.69, 9.17) is 0 Å². The molecule has 1 heterocycles. The third kappa shape index (κ3) is 2.01. The number of hydrogen-bond acceptors (Lipinski definition) is 3. The topological polar surface area (TPSA) is 40.6 Å². The maximum Gasteiger partial charge on any atom is 0.233 e. The molecular weight excluding hydrogens is 252 g/mol. The van der Waals surface area contributed by atoms with Crippen molar-refractivity contribution in [1.82, 2.24) is 9.80 Å². The number of imide groups is 1. The van der Waals surface area contributed by atoms with Gasteiger partial charge in [0.1, 0.15) is 0 Å². The zero-order valence-electron chi connectivity index (χ0n) is 12.4. The molecule has 0 unspecified atom stereocenters. The minimum Gasteiger partial charge on any atom is -0.304 e. The summed E-state index contributed by atoms with van der Waals surface area (Å²) < 4.78 is 0. The van der Waals surface area contributed by atoms with E-state index >= 15 is 0 Å². The van der Waals surface area contributed by atoms with Gasteiger partial charge in [0.2, 0.25) is 11.8 Å². The number of allylic oxidation sites excluding steroid dienone is 2. The van der Waals surface area contributed by atoms with Crippen LogP contribution in [0.5, 0.6) is 0 Å². The molecule has 2 fully saturated rings. The smallest absolute Gasteiger partial charge is 0.233 e. The van der Waals surface area contributed by atoms with Crippen molar-refractivity contribution in [1.29, 1.82) is 0 Å². The van der Waals surface area contributed by atoms with Gasteiger partial charge in [-0.05, 0) is 44.3 Å². The number of hydrogen-bond donors (Lipinski definition) is 0. The molecule has 0 aromatic rings. The van der Waals surface area contributed by atoms with Gasteiger partial charge in [-0.25, -0.2) is 0 Å². The summed E-state index contributed by atoms with van der Waals surface area (Å²) in [4.78, 5) is 28.8. The van der Waals surface area contributed by atoms with Gasteiger partial charge >= 0.3 is 0 Å². The van der Waals surface area contributed by atoms with Crippen molar-refractivity contribution in [2.75, 3.05) is 26.2 Å². The first-order valence-corrected chi connectivity index (χ1v) is 7.93. The van der Waals surface area contributed by atoms with E-state index in [-0.39, 0.29) is 23.7 Å². The van der Waals surface area contributed by atoms with Crippen molar-refractivity contribution in [3.8, 4) is 0 Å². The van der Waals surface area contributed by atoms with E-state index < -0.39 is 0 Å². The quantitative estimate of drug-likeness (QED) is 0.545. The molecule has 110 valence electrons. The predicted molar refractivity (Wildman–Crippen MR) is 76.8 cm³/mol. The molecule has 4 heteroatoms. The average molecular weight is 276 g/mol. The fourth-order valence-electron chi connectivity index (χ4n) is 4.18. The minimum absolute atomic E-state index is 0.0362. The molecule has 4 nitrogen and oxygen atoms in total. The van der Waals surface area contributed by atoms with Crippen LogP contribution >= 0.6 is 0 Å². The molecule has 0 radical (unpaired) electrons. The van der Waals surface area contributed by atoms with Crippen LogP contribution in [0.25, 0.3) is 0 Å². The van der Waals surface area contributed by atoms with Gasteiger partial charge in [-0.15, -0.1) is 0 Å². The minimum atomic E-state index is -0.0362. The molecule has 0 aromatic heterocycles. The number of carbonyl (C=O) groups excluding carboxylic acids is 2. The average Bonchev–Trinajstić information content (AvgIpc) is 3.12. The van der Waals surface area contributed by atoms with Crippen LogP contribution in [-0.4, -0.2) is 47.8 Å². The van der Waals surface area contributed by atoms with E-state index in [9.17, 15) is 9.59 Å². The number of carbonyl (C=O) groups is 2. The lowest BCUT2D eigenvalue weighted by Gasteiger charge is -2.21. The maximum atomic E-state index is 12.5. The zero-order chi connectivity index (χ0) is 14.3. The van der Waals surface area contributed by atoms with Gasteiger partial charge < -0.3 is 4.90 Å². The Hall–Kier alpha value is -1.16. The van der Waals surface area contributed by atoms with Crippen molar-refractivity contribution in [3.05, 3.63) is 12.2 Å². The highest BCUT2D eigenvalue weighted by atomic mass is 16.2. The predicted octanol–water partition coefficient (Wildman–Crippen LogP) is 1.53. The Labute approximate surface area is 120 Å². The van der Waals surface area contributed by atoms with Crippen LogP contribution in [0, 0.1) is 23.7 Å². The van der Waals surface area contributed by atoms with Crippen LogP contribution in [0.3, 0.4) is 0 Å². The van der Waals surface area contributed by atoms with E-state index in [0.717, 1.165) is 32.5 Å². The molecule has 2 amide bonds. The molecule has 2 bridgehead atoms. The summed E-state index contributed by atoms with van der Waals surface area (Å²) in [5.74, 6) is 0.771. The van der Waals surface area contributed by atoms with Crippen molar-refractivity contribution in [2.24, 2.45) is 23.7 Å². The van der Waals surface area contributed by atoms with Crippen LogP contribution in [0.15, 0.2) is 12.2 Å². The first kappa shape index (κ1) is 13.8. The highest BCUT2D eigenvalue weighted by Crippen LogP contribution is 2.52. The molecule has 3 aliphatic rings. The van der Waals surface area contributed by atoms with Crippen molar-refractivity contribution < 1.29 is 9.59 Å². The van der Waals surface area contributed by atoms with Crippen molar-refractivity contribution >= 4 is 11.8 Å². The number of amides is 2. The number of likely N-dealkylation sites (tertiary alicyclic amines) is 1. The molecule has 4 atom stereocenters. The SMILES string of the molecule is CCN(CC)CCCN1C(=O)[C@@H]2[C@H](C1=O)[C@@H]1C=C[C@H]2C1. The molecule has 1 aliphatic heterocycles. The summed E-state index contributed by atoms with van der Waals surface area (Å²) in [5, 5.41) is 0. The Kier molecular flexibility index (Phi) is 3.67. The van der Waals surface area contributed by atoms with Gasteiger partial charge in [0.15, 0.2) is 0 Å². The van der Waals surface area contributed by atoms with E-state index in [1.165, 1.54) is 0 Å². The van der Waals surface area contributed by atoms with Gasteiger partial charge in [0.05, 0.1) is 11.8 Å². The van der Waals surface area contributed by atoms with Crippen molar-refractivity contribution in [3.63, 3.8) is 0 Å². The molecule has 1 saturated heterocycles. The van der Waals surface area contributed by atoms with Crippen LogP contribution in [-0.2, 0) is 9.59 Å². The van der Waals surface area contributed by atoms with Gasteiger partial charge in [-0.2, -0.15) is 0 Å². The monoisotopic (exact) mass is 276 g/mol. The standard InChI is InChI=1S/C16H24N2O2/c1-3-17(4-2)8-5-9-18-15(19)13-11-6-7-12(10-11)14(13)16(18)20/h6-7,11-14H,3-5,8-10H2,1-2H3/t11-,12+,13-,14+. The summed E-state index contributed by atoms with van der Waals surface area (Å²) in [6, 6.07) is 0. The number of nitrogens with zero attached hydrogens (tertiary/aromatic N) is 2. The van der Waals surface area contributed by atoms with Gasteiger partial charge in [-0.1, -0.05) is 26.0 Å². The third-order valence-electron chi connectivity index (χ3n) is 5.31. The van der Waals surface area contributed by atoms with E-state index in [1.807, 2.05) is 0 Å². The molecule has 20 heavy (non-hydrogen) atoms. The fourth-order valence-corrected chi connectivity index (χ4v) is 4.18. The molecule has 0 N–H and O–H groups in total. The Balaban J connectivity index is 1.59. The van der Waals surface area contributed by atoms with Crippen LogP contribution in [0.2, 0.25) is 0 Å². The summed E-state index contributed by atoms with van der Waals surface area (Å²) >= 11 is 0. The summed E-state index contributed by atoms with van der Waals surface area (Å²) in [5.41, 5.74) is 0. The lowest BCUT2D eigenvalue weighted by molar-refractivity contribution is -0.140. The van der Waals surface area contributed by atoms with E-state index in [0.29, 0.717) is 18.4 Å². The molecule has 0 spiro atoms. The Morgan fingerprint density at radius 2 is 1.65 bits per heavy atom. The van der Waals surface area contributed by atoms with Crippen LogP contribution in [0.1, 0.15) is 26.7 Å². The second-order valence-corrected chi connectivity index (χ2v) is 6.21. The Morgan fingerprint density at radius 1 is 1.10 bits per heavy atom. The Bertz CT molecular complexity index is 412. The van der Waals surface area contributed by atoms with Crippen LogP contribution < -0.4 is 0 Å². The lowest BCUT2D eigenvalue weighted by atomic mass is 9.85. The highest BCUT2D eigenvalue weighted by Gasteiger charge is 2.58. The molecule has 2 aliphatic carbocycles. The Morgan fingerprint density at radius 3 is 2.15 bits per heavy atom. The molecule has 0 aromatic carbocycles. The maximum absolute atomic E-state index is 12.5. The lowest BCUT2D eigenvalue weighted by Crippen LogP contribution is -2.35. The fraction of sp³-hybridized carbons (Fsp3) is 0.750. The first-order chi connectivity index (χ1) is 9.67. The third-order valence-corrected chi connectivity index (χ3v) is 5.31. The van der Waals surface area contributed by atoms with E-state index in [2.05, 4.69) is 30.9 Å². The number of fused-ring (bicyclic) bond motifs is 5. The van der Waals surface area contributed by atoms with Gasteiger partial charge in [0.25, 0.3) is 0 Å². The van der Waals surface area contributed by atoms with Crippen molar-refractivity contribution in [2.45, 2.75) is 26.7 Å². The molecule has 3 rings (SSSR count). The molecular formula is C16H24N2O2. The van der Waals surface area contributed by atoms with Crippen LogP contribution in [0.4, 0.5) is 0 Å².